The van der Waals surface area contributed by atoms with Crippen molar-refractivity contribution in [2.24, 2.45) is 23.7 Å². The van der Waals surface area contributed by atoms with Crippen LogP contribution >= 0.6 is 45.3 Å². The van der Waals surface area contributed by atoms with Crippen LogP contribution in [0.4, 0.5) is 17.6 Å². The van der Waals surface area contributed by atoms with Crippen molar-refractivity contribution in [2.75, 3.05) is 13.3 Å². The molecule has 7 rings (SSSR count). The monoisotopic (exact) mass is 982 g/mol. The molecule has 0 bridgehead atoms. The summed E-state index contributed by atoms with van der Waals surface area (Å²) in [6.07, 6.45) is 15.2. The highest BCUT2D eigenvalue weighted by molar-refractivity contribution is 7.31. The lowest BCUT2D eigenvalue weighted by atomic mass is 9.96. The Labute approximate surface area is 401 Å². The second-order valence-corrected chi connectivity index (χ2v) is 31.9. The SMILES string of the molecule is CCCCC(CC)C[Si]1(CC(CF)CCCC)c2ccsc2-c2sc(-c3c(C)c(F)c(-c4cc5c(s4)-c4sccc4[Si]5(CC(CC)CCCC)CC(CF)CCCC)c(C)c3F)cc21. The Morgan fingerprint density at radius 1 is 0.484 bits per heavy atom. The first-order valence-corrected chi connectivity index (χ1v) is 33.3. The smallest absolute Gasteiger partial charge is 0.135 e. The number of thiophene rings is 4. The van der Waals surface area contributed by atoms with E-state index in [4.69, 9.17) is 0 Å². The summed E-state index contributed by atoms with van der Waals surface area (Å²) in [7, 11) is -4.93. The zero-order chi connectivity index (χ0) is 45.8. The molecule has 6 heterocycles. The lowest BCUT2D eigenvalue weighted by Crippen LogP contribution is -2.57. The van der Waals surface area contributed by atoms with E-state index in [0.29, 0.717) is 34.1 Å². The van der Waals surface area contributed by atoms with E-state index in [-0.39, 0.29) is 36.8 Å². The molecule has 0 amide bonds. The number of halogens is 4. The van der Waals surface area contributed by atoms with E-state index in [1.807, 2.05) is 0 Å². The number of alkyl halides is 2. The third-order valence-corrected chi connectivity index (χ3v) is 31.6. The van der Waals surface area contributed by atoms with Crippen LogP contribution < -0.4 is 20.7 Å². The van der Waals surface area contributed by atoms with Gasteiger partial charge < -0.3 is 0 Å². The van der Waals surface area contributed by atoms with E-state index in [9.17, 15) is 0 Å². The fourth-order valence-corrected chi connectivity index (χ4v) is 32.2. The molecule has 1 aromatic carbocycles. The minimum Gasteiger partial charge on any atom is -0.251 e. The minimum absolute atomic E-state index is 0.0117. The first-order chi connectivity index (χ1) is 31.0. The second-order valence-electron chi connectivity index (χ2n) is 19.8. The highest BCUT2D eigenvalue weighted by Crippen LogP contribution is 2.51. The van der Waals surface area contributed by atoms with E-state index in [2.05, 4.69) is 76.6 Å². The van der Waals surface area contributed by atoms with Gasteiger partial charge in [-0.1, -0.05) is 131 Å². The van der Waals surface area contributed by atoms with E-state index < -0.39 is 16.1 Å². The molecule has 4 aromatic heterocycles. The van der Waals surface area contributed by atoms with Crippen molar-refractivity contribution in [1.82, 2.24) is 0 Å². The van der Waals surface area contributed by atoms with Crippen molar-refractivity contribution in [2.45, 2.75) is 169 Å². The molecular weight excluding hydrogens is 909 g/mol. The van der Waals surface area contributed by atoms with Crippen molar-refractivity contribution in [1.29, 1.82) is 0 Å². The van der Waals surface area contributed by atoms with Crippen LogP contribution in [0, 0.1) is 49.2 Å². The van der Waals surface area contributed by atoms with Crippen LogP contribution in [0.25, 0.3) is 40.4 Å². The fourth-order valence-electron chi connectivity index (χ4n) is 12.0. The van der Waals surface area contributed by atoms with Crippen LogP contribution in [0.15, 0.2) is 35.0 Å². The average Bonchev–Trinajstić information content (AvgIpc) is 4.17. The molecule has 6 atom stereocenters. The quantitative estimate of drug-likeness (QED) is 0.0383. The minimum atomic E-state index is -2.46. The third kappa shape index (κ3) is 9.34. The van der Waals surface area contributed by atoms with Crippen LogP contribution in [0.3, 0.4) is 0 Å². The van der Waals surface area contributed by atoms with Gasteiger partial charge in [-0.2, -0.15) is 0 Å². The van der Waals surface area contributed by atoms with Gasteiger partial charge in [-0.25, -0.2) is 8.78 Å². The molecule has 0 fully saturated rings. The maximum absolute atomic E-state index is 17.6. The first-order valence-electron chi connectivity index (χ1n) is 25.1. The topological polar surface area (TPSA) is 0 Å². The number of benzene rings is 1. The van der Waals surface area contributed by atoms with Gasteiger partial charge in [0.15, 0.2) is 0 Å². The molecule has 2 aliphatic rings. The summed E-state index contributed by atoms with van der Waals surface area (Å²) in [5.74, 6) is 0.474. The number of fused-ring (bicyclic) bond motifs is 6. The highest BCUT2D eigenvalue weighted by atomic mass is 32.1. The molecule has 0 nitrogen and oxygen atoms in total. The molecule has 64 heavy (non-hydrogen) atoms. The van der Waals surface area contributed by atoms with Gasteiger partial charge >= 0.3 is 0 Å². The van der Waals surface area contributed by atoms with Crippen LogP contribution in [0.2, 0.25) is 24.2 Å². The molecule has 0 saturated carbocycles. The van der Waals surface area contributed by atoms with Gasteiger partial charge in [0.25, 0.3) is 0 Å². The van der Waals surface area contributed by atoms with Gasteiger partial charge in [0.2, 0.25) is 0 Å². The third-order valence-electron chi connectivity index (χ3n) is 15.6. The molecule has 0 spiro atoms. The predicted octanol–water partition coefficient (Wildman–Crippen LogP) is 17.2. The standard InChI is InChI=1S/C54H74F4S4Si2/c1-9-15-19-37(13-5)31-63(33-39(29-55)21-17-11-3)43-23-25-59-51(43)53-45(63)27-41(61-53)47-35(7)50(58)48(36(8)49(47)57)42-28-46-54(62-42)52-44(24-26-60-52)64(46,32-38(14-6)20-16-10-2)34-40(30-56)22-18-12-4/h23-28,37-40H,9-22,29-34H2,1-8H3. The molecule has 0 saturated heterocycles. The maximum Gasteiger partial charge on any atom is 0.135 e. The Morgan fingerprint density at radius 2 is 0.828 bits per heavy atom. The lowest BCUT2D eigenvalue weighted by molar-refractivity contribution is 0.355. The van der Waals surface area contributed by atoms with E-state index in [1.54, 1.807) is 59.2 Å². The second kappa shape index (κ2) is 22.1. The molecule has 0 radical (unpaired) electrons. The summed E-state index contributed by atoms with van der Waals surface area (Å²) in [4.78, 5) is 6.65. The van der Waals surface area contributed by atoms with Crippen molar-refractivity contribution < 1.29 is 17.6 Å². The van der Waals surface area contributed by atoms with Crippen LogP contribution in [-0.4, -0.2) is 29.5 Å². The number of rotatable bonds is 26. The Hall–Kier alpha value is -1.83. The van der Waals surface area contributed by atoms with Crippen molar-refractivity contribution in [3.63, 3.8) is 0 Å². The maximum atomic E-state index is 17.6. The summed E-state index contributed by atoms with van der Waals surface area (Å²) >= 11 is 6.83. The van der Waals surface area contributed by atoms with Gasteiger partial charge in [0.1, 0.15) is 27.8 Å². The number of hydrogen-bond acceptors (Lipinski definition) is 4. The predicted molar refractivity (Wildman–Crippen MR) is 283 cm³/mol. The molecule has 5 aromatic rings. The van der Waals surface area contributed by atoms with Crippen LogP contribution in [0.5, 0.6) is 0 Å². The summed E-state index contributed by atoms with van der Waals surface area (Å²) in [5, 5.41) is 10.0. The van der Waals surface area contributed by atoms with E-state index >= 15 is 17.6 Å². The Balaban J connectivity index is 1.34. The molecular formula is C54H74F4S4Si2. The molecule has 0 N–H and O–H groups in total. The number of hydrogen-bond donors (Lipinski definition) is 0. The summed E-state index contributed by atoms with van der Waals surface area (Å²) in [5.41, 5.74) is 1.52. The molecule has 0 aliphatic carbocycles. The fraction of sp³-hybridized carbons (Fsp3) is 0.593. The van der Waals surface area contributed by atoms with Gasteiger partial charge in [-0.3, -0.25) is 8.78 Å². The zero-order valence-corrected chi connectivity index (χ0v) is 45.3. The summed E-state index contributed by atoms with van der Waals surface area (Å²) < 4.78 is 65.3. The lowest BCUT2D eigenvalue weighted by Gasteiger charge is -2.35. The summed E-state index contributed by atoms with van der Waals surface area (Å²) in [6, 6.07) is 13.1. The van der Waals surface area contributed by atoms with Crippen molar-refractivity contribution in [3.05, 3.63) is 57.8 Å². The number of unbranched alkanes of at least 4 members (excludes halogenated alkanes) is 4. The Kier molecular flexibility index (Phi) is 17.3. The Morgan fingerprint density at radius 3 is 1.16 bits per heavy atom. The first kappa shape index (κ1) is 50.1. The van der Waals surface area contributed by atoms with Gasteiger partial charge in [0.05, 0.1) is 13.3 Å². The summed E-state index contributed by atoms with van der Waals surface area (Å²) in [6.45, 7) is 16.5. The highest BCUT2D eigenvalue weighted by Gasteiger charge is 2.51. The van der Waals surface area contributed by atoms with Crippen molar-refractivity contribution in [3.8, 4) is 40.4 Å². The van der Waals surface area contributed by atoms with Gasteiger partial charge in [-0.05, 0) is 129 Å². The molecule has 350 valence electrons. The van der Waals surface area contributed by atoms with Crippen LogP contribution in [0.1, 0.15) is 143 Å². The average molecular weight is 984 g/mol. The Bertz CT molecular complexity index is 2090. The molecule has 2 aliphatic heterocycles. The molecule has 6 unspecified atom stereocenters. The largest absolute Gasteiger partial charge is 0.251 e. The van der Waals surface area contributed by atoms with Crippen molar-refractivity contribution >= 4 is 82.2 Å². The van der Waals surface area contributed by atoms with Gasteiger partial charge in [-0.15, -0.1) is 45.3 Å². The zero-order valence-electron chi connectivity index (χ0n) is 40.1. The van der Waals surface area contributed by atoms with Crippen LogP contribution in [-0.2, 0) is 0 Å². The normalized spacial score (nSPS) is 19.4. The van der Waals surface area contributed by atoms with E-state index in [0.717, 1.165) is 98.1 Å². The van der Waals surface area contributed by atoms with Gasteiger partial charge in [0, 0.05) is 40.4 Å². The van der Waals surface area contributed by atoms with E-state index in [1.165, 1.54) is 65.9 Å². The molecule has 10 heteroatoms.